The molecule has 0 saturated carbocycles. The summed E-state index contributed by atoms with van der Waals surface area (Å²) in [5.74, 6) is -0.0627. The fraction of sp³-hybridized carbons (Fsp3) is 0.280. The Bertz CT molecular complexity index is 1250. The van der Waals surface area contributed by atoms with Gasteiger partial charge >= 0.3 is 0 Å². The summed E-state index contributed by atoms with van der Waals surface area (Å²) in [6, 6.07) is 10.1. The van der Waals surface area contributed by atoms with Gasteiger partial charge in [-0.25, -0.2) is 9.37 Å². The molecule has 9 heteroatoms. The van der Waals surface area contributed by atoms with Gasteiger partial charge in [0.1, 0.15) is 24.0 Å². The van der Waals surface area contributed by atoms with Crippen LogP contribution in [0.3, 0.4) is 0 Å². The van der Waals surface area contributed by atoms with Crippen LogP contribution in [0.2, 0.25) is 0 Å². The lowest BCUT2D eigenvalue weighted by Crippen LogP contribution is -2.34. The third-order valence-corrected chi connectivity index (χ3v) is 5.95. The van der Waals surface area contributed by atoms with E-state index in [-0.39, 0.29) is 24.5 Å². The molecule has 4 atom stereocenters. The Morgan fingerprint density at radius 1 is 1.24 bits per heavy atom. The molecule has 2 aromatic heterocycles. The average molecular weight is 465 g/mol. The van der Waals surface area contributed by atoms with Gasteiger partial charge in [-0.3, -0.25) is 4.79 Å². The zero-order valence-electron chi connectivity index (χ0n) is 18.4. The predicted octanol–water partition coefficient (Wildman–Crippen LogP) is 2.59. The number of carbonyl (C=O) groups is 1. The summed E-state index contributed by atoms with van der Waals surface area (Å²) in [5.41, 5.74) is 3.05. The first-order valence-corrected chi connectivity index (χ1v) is 10.9. The van der Waals surface area contributed by atoms with Crippen LogP contribution in [0.15, 0.2) is 54.8 Å². The van der Waals surface area contributed by atoms with E-state index < -0.39 is 18.0 Å². The molecule has 0 amide bonds. The highest BCUT2D eigenvalue weighted by Gasteiger charge is 2.48. The molecule has 0 radical (unpaired) electrons. The van der Waals surface area contributed by atoms with Crippen molar-refractivity contribution < 1.29 is 28.5 Å². The SMILES string of the molecule is CN/C=C\C=C(/C=O)c1ccc(-c2nc3cc(O[C@@H]4COC5[C@H](O)CO[C@@H]54)[nH]c3cc2F)cc1. The Morgan fingerprint density at radius 3 is 2.79 bits per heavy atom. The molecule has 2 saturated heterocycles. The Morgan fingerprint density at radius 2 is 2.03 bits per heavy atom. The topological polar surface area (TPSA) is 106 Å². The van der Waals surface area contributed by atoms with Crippen LogP contribution in [0.4, 0.5) is 4.39 Å². The lowest BCUT2D eigenvalue weighted by molar-refractivity contribution is -0.103. The molecular weight excluding hydrogens is 441 g/mol. The number of nitrogens with zero attached hydrogens (tertiary/aromatic N) is 1. The van der Waals surface area contributed by atoms with Gasteiger partial charge in [0, 0.05) is 30.3 Å². The maximum Gasteiger partial charge on any atom is 0.193 e. The number of rotatable bonds is 7. The fourth-order valence-electron chi connectivity index (χ4n) is 4.25. The zero-order chi connectivity index (χ0) is 23.7. The molecule has 176 valence electrons. The van der Waals surface area contributed by atoms with E-state index in [1.807, 2.05) is 0 Å². The van der Waals surface area contributed by atoms with Crippen LogP contribution < -0.4 is 10.1 Å². The molecule has 2 aliphatic rings. The number of aromatic amines is 1. The van der Waals surface area contributed by atoms with Gasteiger partial charge in [0.25, 0.3) is 0 Å². The van der Waals surface area contributed by atoms with E-state index in [0.29, 0.717) is 34.7 Å². The van der Waals surface area contributed by atoms with Crippen LogP contribution in [0.5, 0.6) is 5.88 Å². The Balaban J connectivity index is 1.37. The quantitative estimate of drug-likeness (QED) is 0.280. The van der Waals surface area contributed by atoms with Gasteiger partial charge in [0.2, 0.25) is 0 Å². The molecule has 1 unspecified atom stereocenters. The first-order valence-electron chi connectivity index (χ1n) is 10.9. The smallest absolute Gasteiger partial charge is 0.193 e. The molecule has 2 aliphatic heterocycles. The van der Waals surface area contributed by atoms with Gasteiger partial charge in [-0.05, 0) is 23.9 Å². The lowest BCUT2D eigenvalue weighted by atomic mass is 10.0. The van der Waals surface area contributed by atoms with E-state index in [1.54, 1.807) is 55.7 Å². The van der Waals surface area contributed by atoms with Crippen LogP contribution in [0.25, 0.3) is 27.9 Å². The lowest BCUT2D eigenvalue weighted by Gasteiger charge is -2.16. The number of allylic oxidation sites excluding steroid dienone is 3. The van der Waals surface area contributed by atoms with Crippen LogP contribution >= 0.6 is 0 Å². The molecule has 34 heavy (non-hydrogen) atoms. The van der Waals surface area contributed by atoms with Crippen molar-refractivity contribution in [2.24, 2.45) is 0 Å². The minimum Gasteiger partial charge on any atom is -0.470 e. The third-order valence-electron chi connectivity index (χ3n) is 5.95. The summed E-state index contributed by atoms with van der Waals surface area (Å²) in [6.45, 7) is 0.511. The molecule has 3 N–H and O–H groups in total. The van der Waals surface area contributed by atoms with Crippen LogP contribution in [-0.4, -0.2) is 66.0 Å². The van der Waals surface area contributed by atoms with Crippen molar-refractivity contribution in [1.29, 1.82) is 0 Å². The first kappa shape index (κ1) is 22.3. The number of aldehydes is 1. The van der Waals surface area contributed by atoms with Crippen molar-refractivity contribution in [3.63, 3.8) is 0 Å². The van der Waals surface area contributed by atoms with Gasteiger partial charge in [-0.15, -0.1) is 0 Å². The Hall–Kier alpha value is -3.53. The monoisotopic (exact) mass is 465 g/mol. The van der Waals surface area contributed by atoms with Crippen LogP contribution in [0, 0.1) is 5.82 Å². The van der Waals surface area contributed by atoms with E-state index in [4.69, 9.17) is 14.2 Å². The van der Waals surface area contributed by atoms with Crippen molar-refractivity contribution in [3.8, 4) is 17.1 Å². The van der Waals surface area contributed by atoms with Gasteiger partial charge < -0.3 is 29.6 Å². The second kappa shape index (κ2) is 9.38. The number of hydrogen-bond donors (Lipinski definition) is 3. The van der Waals surface area contributed by atoms with Crippen molar-refractivity contribution in [2.45, 2.75) is 24.4 Å². The number of aromatic nitrogens is 2. The second-order valence-corrected chi connectivity index (χ2v) is 8.17. The molecule has 0 aliphatic carbocycles. The minimum absolute atomic E-state index is 0.197. The highest BCUT2D eigenvalue weighted by Crippen LogP contribution is 2.32. The number of aliphatic hydroxyl groups is 1. The van der Waals surface area contributed by atoms with Crippen molar-refractivity contribution in [1.82, 2.24) is 15.3 Å². The van der Waals surface area contributed by atoms with Crippen molar-refractivity contribution >= 4 is 22.9 Å². The summed E-state index contributed by atoms with van der Waals surface area (Å²) in [7, 11) is 1.77. The van der Waals surface area contributed by atoms with E-state index in [0.717, 1.165) is 11.8 Å². The number of halogens is 1. The molecular formula is C25H24FN3O5. The number of H-pyrrole nitrogens is 1. The van der Waals surface area contributed by atoms with E-state index in [2.05, 4.69) is 15.3 Å². The van der Waals surface area contributed by atoms with Crippen LogP contribution in [-0.2, 0) is 14.3 Å². The Labute approximate surface area is 195 Å². The third kappa shape index (κ3) is 4.21. The number of hydrogen-bond acceptors (Lipinski definition) is 7. The summed E-state index contributed by atoms with van der Waals surface area (Å²) in [4.78, 5) is 18.9. The molecule has 4 heterocycles. The summed E-state index contributed by atoms with van der Waals surface area (Å²) in [6.07, 6.45) is 4.13. The molecule has 5 rings (SSSR count). The number of aliphatic hydroxyl groups excluding tert-OH is 1. The van der Waals surface area contributed by atoms with Gasteiger partial charge in [0.05, 0.1) is 24.2 Å². The number of carbonyl (C=O) groups excluding carboxylic acids is 1. The van der Waals surface area contributed by atoms with Gasteiger partial charge in [-0.1, -0.05) is 24.3 Å². The first-order chi connectivity index (χ1) is 16.6. The summed E-state index contributed by atoms with van der Waals surface area (Å²) < 4.78 is 32.0. The molecule has 1 aromatic carbocycles. The average Bonchev–Trinajstić information content (AvgIpc) is 3.53. The maximum absolute atomic E-state index is 14.9. The molecule has 2 fully saturated rings. The molecule has 3 aromatic rings. The number of benzene rings is 1. The number of nitrogens with one attached hydrogen (secondary N) is 2. The van der Waals surface area contributed by atoms with E-state index >= 15 is 0 Å². The normalized spacial score (nSPS) is 24.6. The second-order valence-electron chi connectivity index (χ2n) is 8.17. The standard InChI is InChI=1S/C25H24FN3O5/c1-27-8-2-3-16(11-30)14-4-6-15(7-5-14)23-17(26)9-18-19(29-23)10-22(28-18)34-21-13-33-24-20(31)12-32-25(21)24/h2-11,20-21,24-25,27-28,31H,12-13H2,1H3/b8-2-,16-3+/t20-,21-,24?,25-/m1/s1. The molecule has 8 nitrogen and oxygen atoms in total. The highest BCUT2D eigenvalue weighted by molar-refractivity contribution is 6.07. The summed E-state index contributed by atoms with van der Waals surface area (Å²) >= 11 is 0. The fourth-order valence-corrected chi connectivity index (χ4v) is 4.25. The van der Waals surface area contributed by atoms with E-state index in [9.17, 15) is 14.3 Å². The number of pyridine rings is 1. The predicted molar refractivity (Wildman–Crippen MR) is 124 cm³/mol. The number of fused-ring (bicyclic) bond motifs is 2. The molecule has 0 bridgehead atoms. The van der Waals surface area contributed by atoms with Gasteiger partial charge in [-0.2, -0.15) is 0 Å². The van der Waals surface area contributed by atoms with Gasteiger partial charge in [0.15, 0.2) is 24.1 Å². The van der Waals surface area contributed by atoms with Crippen molar-refractivity contribution in [3.05, 3.63) is 66.1 Å². The highest BCUT2D eigenvalue weighted by atomic mass is 19.1. The zero-order valence-corrected chi connectivity index (χ0v) is 18.4. The Kier molecular flexibility index (Phi) is 6.14. The minimum atomic E-state index is -0.658. The van der Waals surface area contributed by atoms with Crippen molar-refractivity contribution in [2.75, 3.05) is 20.3 Å². The van der Waals surface area contributed by atoms with Crippen LogP contribution in [0.1, 0.15) is 5.56 Å². The summed E-state index contributed by atoms with van der Waals surface area (Å²) in [5, 5.41) is 12.7. The number of ether oxygens (including phenoxy) is 3. The van der Waals surface area contributed by atoms with E-state index in [1.165, 1.54) is 6.07 Å². The largest absolute Gasteiger partial charge is 0.470 e. The molecule has 0 spiro atoms. The maximum atomic E-state index is 14.9.